The molecule has 19 heavy (non-hydrogen) atoms. The molecule has 0 atom stereocenters. The summed E-state index contributed by atoms with van der Waals surface area (Å²) >= 11 is 0. The Kier molecular flexibility index (Phi) is 5.03. The Balaban J connectivity index is 0.00000180. The van der Waals surface area contributed by atoms with Crippen LogP contribution in [-0.4, -0.2) is 5.91 Å². The summed E-state index contributed by atoms with van der Waals surface area (Å²) in [5.41, 5.74) is 2.01. The number of aryl methyl sites for hydroxylation is 1. The van der Waals surface area contributed by atoms with Crippen LogP contribution in [0.5, 0.6) is 0 Å². The fourth-order valence-electron chi connectivity index (χ4n) is 1.55. The van der Waals surface area contributed by atoms with E-state index in [1.165, 1.54) is 24.3 Å². The Labute approximate surface area is 117 Å². The molecule has 0 fully saturated rings. The van der Waals surface area contributed by atoms with E-state index in [0.717, 1.165) is 10.6 Å². The zero-order valence-corrected chi connectivity index (χ0v) is 11.2. The normalized spacial score (nSPS) is 9.63. The minimum atomic E-state index is -0.366. The molecule has 0 saturated heterocycles. The molecule has 100 valence electrons. The standard InChI is InChI=1S/C14H13FN2O.ClH/c1-10-2-4-11(5-3-10)14(18)17(16)13-8-6-12(15)7-9-13;/h2-9H,16H2,1H3;1H. The predicted octanol–water partition coefficient (Wildman–Crippen LogP) is 3.08. The third-order valence-corrected chi connectivity index (χ3v) is 2.62. The van der Waals surface area contributed by atoms with Crippen molar-refractivity contribution >= 4 is 24.0 Å². The number of rotatable bonds is 2. The summed E-state index contributed by atoms with van der Waals surface area (Å²) < 4.78 is 12.8. The highest BCUT2D eigenvalue weighted by atomic mass is 35.5. The molecule has 0 heterocycles. The van der Waals surface area contributed by atoms with Crippen LogP contribution in [0.15, 0.2) is 48.5 Å². The Morgan fingerprint density at radius 2 is 1.58 bits per heavy atom. The summed E-state index contributed by atoms with van der Waals surface area (Å²) in [5.74, 6) is 5.02. The van der Waals surface area contributed by atoms with Gasteiger partial charge in [-0.2, -0.15) is 0 Å². The van der Waals surface area contributed by atoms with E-state index in [2.05, 4.69) is 0 Å². The lowest BCUT2D eigenvalue weighted by atomic mass is 10.1. The van der Waals surface area contributed by atoms with Crippen LogP contribution in [-0.2, 0) is 0 Å². The number of nitrogens with two attached hydrogens (primary N) is 1. The minimum absolute atomic E-state index is 0. The SMILES string of the molecule is Cc1ccc(C(=O)N(N)c2ccc(F)cc2)cc1.Cl. The summed E-state index contributed by atoms with van der Waals surface area (Å²) in [6.07, 6.45) is 0. The molecular weight excluding hydrogens is 267 g/mol. The van der Waals surface area contributed by atoms with Gasteiger partial charge >= 0.3 is 0 Å². The zero-order chi connectivity index (χ0) is 13.1. The first-order valence-corrected chi connectivity index (χ1v) is 5.49. The molecule has 0 aliphatic carbocycles. The number of anilines is 1. The molecule has 1 amide bonds. The van der Waals surface area contributed by atoms with Gasteiger partial charge in [-0.05, 0) is 43.3 Å². The molecule has 2 aromatic rings. The van der Waals surface area contributed by atoms with Gasteiger partial charge in [-0.25, -0.2) is 15.2 Å². The third-order valence-electron chi connectivity index (χ3n) is 2.62. The molecule has 0 saturated carbocycles. The molecule has 0 unspecified atom stereocenters. The second kappa shape index (κ2) is 6.31. The summed E-state index contributed by atoms with van der Waals surface area (Å²) in [4.78, 5) is 12.0. The zero-order valence-electron chi connectivity index (χ0n) is 10.3. The topological polar surface area (TPSA) is 46.3 Å². The van der Waals surface area contributed by atoms with Crippen LogP contribution < -0.4 is 10.9 Å². The van der Waals surface area contributed by atoms with Crippen LogP contribution in [0.25, 0.3) is 0 Å². The van der Waals surface area contributed by atoms with Crippen molar-refractivity contribution in [2.75, 3.05) is 5.01 Å². The van der Waals surface area contributed by atoms with Gasteiger partial charge < -0.3 is 0 Å². The molecule has 0 aliphatic heterocycles. The largest absolute Gasteiger partial charge is 0.272 e. The fraction of sp³-hybridized carbons (Fsp3) is 0.0714. The maximum absolute atomic E-state index is 12.8. The number of amides is 1. The molecule has 0 radical (unpaired) electrons. The van der Waals surface area contributed by atoms with Crippen molar-refractivity contribution in [2.45, 2.75) is 6.92 Å². The lowest BCUT2D eigenvalue weighted by Gasteiger charge is -2.16. The van der Waals surface area contributed by atoms with Crippen molar-refractivity contribution in [1.29, 1.82) is 0 Å². The Morgan fingerprint density at radius 1 is 1.05 bits per heavy atom. The van der Waals surface area contributed by atoms with Gasteiger partial charge in [0.25, 0.3) is 5.91 Å². The van der Waals surface area contributed by atoms with E-state index in [9.17, 15) is 9.18 Å². The van der Waals surface area contributed by atoms with Crippen molar-refractivity contribution in [3.63, 3.8) is 0 Å². The monoisotopic (exact) mass is 280 g/mol. The van der Waals surface area contributed by atoms with Gasteiger partial charge in [0.15, 0.2) is 0 Å². The van der Waals surface area contributed by atoms with E-state index >= 15 is 0 Å². The second-order valence-corrected chi connectivity index (χ2v) is 4.02. The van der Waals surface area contributed by atoms with Gasteiger partial charge in [-0.1, -0.05) is 17.7 Å². The Bertz CT molecular complexity index is 555. The molecule has 0 spiro atoms. The molecule has 0 bridgehead atoms. The summed E-state index contributed by atoms with van der Waals surface area (Å²) in [7, 11) is 0. The number of benzene rings is 2. The van der Waals surface area contributed by atoms with Gasteiger partial charge in [0.2, 0.25) is 0 Å². The molecular formula is C14H14ClFN2O. The molecule has 0 aliphatic rings. The van der Waals surface area contributed by atoms with Gasteiger partial charge in [0.1, 0.15) is 5.82 Å². The van der Waals surface area contributed by atoms with E-state index in [1.807, 2.05) is 19.1 Å². The molecule has 2 aromatic carbocycles. The first-order chi connectivity index (χ1) is 8.58. The first kappa shape index (κ1) is 15.1. The van der Waals surface area contributed by atoms with E-state index in [0.29, 0.717) is 11.3 Å². The van der Waals surface area contributed by atoms with Crippen LogP contribution in [0.3, 0.4) is 0 Å². The quantitative estimate of drug-likeness (QED) is 0.522. The second-order valence-electron chi connectivity index (χ2n) is 4.02. The van der Waals surface area contributed by atoms with E-state index in [1.54, 1.807) is 12.1 Å². The van der Waals surface area contributed by atoms with Crippen molar-refractivity contribution in [1.82, 2.24) is 0 Å². The minimum Gasteiger partial charge on any atom is -0.267 e. The van der Waals surface area contributed by atoms with E-state index in [-0.39, 0.29) is 24.1 Å². The molecule has 2 N–H and O–H groups in total. The smallest absolute Gasteiger partial charge is 0.267 e. The van der Waals surface area contributed by atoms with Crippen LogP contribution in [0, 0.1) is 12.7 Å². The number of carbonyl (C=O) groups excluding carboxylic acids is 1. The number of hydrogen-bond donors (Lipinski definition) is 1. The van der Waals surface area contributed by atoms with E-state index in [4.69, 9.17) is 5.84 Å². The Morgan fingerprint density at radius 3 is 2.11 bits per heavy atom. The number of carbonyl (C=O) groups is 1. The van der Waals surface area contributed by atoms with Gasteiger partial charge in [0, 0.05) is 5.56 Å². The van der Waals surface area contributed by atoms with E-state index < -0.39 is 0 Å². The van der Waals surface area contributed by atoms with Crippen LogP contribution in [0.2, 0.25) is 0 Å². The Hall–Kier alpha value is -1.91. The molecule has 5 heteroatoms. The lowest BCUT2D eigenvalue weighted by molar-refractivity contribution is 0.0987. The average molecular weight is 281 g/mol. The van der Waals surface area contributed by atoms with Crippen molar-refractivity contribution in [3.05, 3.63) is 65.5 Å². The molecule has 2 rings (SSSR count). The van der Waals surface area contributed by atoms with Crippen molar-refractivity contribution in [2.24, 2.45) is 5.84 Å². The fourth-order valence-corrected chi connectivity index (χ4v) is 1.55. The number of hydrogen-bond acceptors (Lipinski definition) is 2. The summed E-state index contributed by atoms with van der Waals surface area (Å²) in [6.45, 7) is 1.94. The van der Waals surface area contributed by atoms with Crippen LogP contribution in [0.4, 0.5) is 10.1 Å². The summed E-state index contributed by atoms with van der Waals surface area (Å²) in [5, 5.41) is 1.00. The maximum atomic E-state index is 12.8. The number of halogens is 2. The average Bonchev–Trinajstić information content (AvgIpc) is 2.39. The van der Waals surface area contributed by atoms with Gasteiger partial charge in [-0.15, -0.1) is 12.4 Å². The predicted molar refractivity (Wildman–Crippen MR) is 75.8 cm³/mol. The maximum Gasteiger partial charge on any atom is 0.272 e. The number of nitrogens with zero attached hydrogens (tertiary/aromatic N) is 1. The third kappa shape index (κ3) is 3.53. The number of hydrazine groups is 1. The highest BCUT2D eigenvalue weighted by molar-refractivity contribution is 6.05. The molecule has 3 nitrogen and oxygen atoms in total. The van der Waals surface area contributed by atoms with Crippen LogP contribution >= 0.6 is 12.4 Å². The highest BCUT2D eigenvalue weighted by Crippen LogP contribution is 2.15. The first-order valence-electron chi connectivity index (χ1n) is 5.49. The molecule has 0 aromatic heterocycles. The highest BCUT2D eigenvalue weighted by Gasteiger charge is 2.13. The van der Waals surface area contributed by atoms with Gasteiger partial charge in [-0.3, -0.25) is 4.79 Å². The van der Waals surface area contributed by atoms with Crippen molar-refractivity contribution < 1.29 is 9.18 Å². The van der Waals surface area contributed by atoms with Crippen molar-refractivity contribution in [3.8, 4) is 0 Å². The summed E-state index contributed by atoms with van der Waals surface area (Å²) in [6, 6.07) is 12.5. The van der Waals surface area contributed by atoms with Crippen LogP contribution in [0.1, 0.15) is 15.9 Å². The lowest BCUT2D eigenvalue weighted by Crippen LogP contribution is -2.37. The van der Waals surface area contributed by atoms with Gasteiger partial charge in [0.05, 0.1) is 5.69 Å².